The third-order valence-electron chi connectivity index (χ3n) is 3.65. The lowest BCUT2D eigenvalue weighted by Crippen LogP contribution is -2.41. The highest BCUT2D eigenvalue weighted by Crippen LogP contribution is 2.23. The fourth-order valence-electron chi connectivity index (χ4n) is 2.53. The zero-order valence-electron chi connectivity index (χ0n) is 12.9. The topological polar surface area (TPSA) is 59.6 Å². The highest BCUT2D eigenvalue weighted by Gasteiger charge is 2.33. The van der Waals surface area contributed by atoms with E-state index in [-0.39, 0.29) is 17.9 Å². The number of carbonyl (C=O) groups excluding carboxylic acids is 1. The quantitative estimate of drug-likeness (QED) is 0.841. The van der Waals surface area contributed by atoms with Gasteiger partial charge in [-0.25, -0.2) is 0 Å². The van der Waals surface area contributed by atoms with Gasteiger partial charge in [-0.1, -0.05) is 6.92 Å². The third kappa shape index (κ3) is 3.95. The number of ether oxygens (including phenoxy) is 2. The van der Waals surface area contributed by atoms with Crippen LogP contribution in [0.1, 0.15) is 19.4 Å². The molecule has 1 aliphatic heterocycles. The molecule has 1 aromatic rings. The molecule has 0 aliphatic carbocycles. The fraction of sp³-hybridized carbons (Fsp3) is 0.562. The van der Waals surface area contributed by atoms with Gasteiger partial charge in [0.25, 0.3) is 0 Å². The Balaban J connectivity index is 2.02. The molecule has 2 rings (SSSR count). The van der Waals surface area contributed by atoms with Crippen molar-refractivity contribution in [2.45, 2.75) is 26.8 Å². The molecular formula is C16H24N2O3. The highest BCUT2D eigenvalue weighted by molar-refractivity contribution is 5.94. The molecule has 0 bridgehead atoms. The van der Waals surface area contributed by atoms with E-state index in [2.05, 4.69) is 10.6 Å². The molecule has 1 aliphatic rings. The minimum atomic E-state index is -0.143. The Morgan fingerprint density at radius 2 is 2.19 bits per heavy atom. The molecule has 0 spiro atoms. The summed E-state index contributed by atoms with van der Waals surface area (Å²) < 4.78 is 10.9. The fourth-order valence-corrected chi connectivity index (χ4v) is 2.53. The number of amides is 1. The lowest BCUT2D eigenvalue weighted by Gasteiger charge is -2.18. The molecule has 2 unspecified atom stereocenters. The van der Waals surface area contributed by atoms with Crippen molar-refractivity contribution in [3.05, 3.63) is 23.8 Å². The molecule has 0 aromatic heterocycles. The highest BCUT2D eigenvalue weighted by atomic mass is 16.5. The first-order valence-electron chi connectivity index (χ1n) is 7.51. The summed E-state index contributed by atoms with van der Waals surface area (Å²) >= 11 is 0. The smallest absolute Gasteiger partial charge is 0.231 e. The van der Waals surface area contributed by atoms with Crippen molar-refractivity contribution < 1.29 is 14.3 Å². The first kappa shape index (κ1) is 15.8. The van der Waals surface area contributed by atoms with E-state index in [1.165, 1.54) is 0 Å². The molecule has 5 nitrogen and oxygen atoms in total. The van der Waals surface area contributed by atoms with E-state index in [4.69, 9.17) is 9.47 Å². The minimum Gasteiger partial charge on any atom is -0.494 e. The summed E-state index contributed by atoms with van der Waals surface area (Å²) in [5, 5.41) is 6.29. The Morgan fingerprint density at radius 3 is 2.86 bits per heavy atom. The summed E-state index contributed by atoms with van der Waals surface area (Å²) in [5.74, 6) is 0.685. The number of aryl methyl sites for hydroxylation is 1. The number of rotatable bonds is 6. The molecule has 2 N–H and O–H groups in total. The zero-order valence-corrected chi connectivity index (χ0v) is 12.9. The van der Waals surface area contributed by atoms with Gasteiger partial charge in [-0.15, -0.1) is 0 Å². The van der Waals surface area contributed by atoms with Crippen LogP contribution in [0.3, 0.4) is 0 Å². The Kier molecular flexibility index (Phi) is 5.59. The van der Waals surface area contributed by atoms with E-state index >= 15 is 0 Å². The summed E-state index contributed by atoms with van der Waals surface area (Å²) in [6, 6.07) is 5.79. The SMILES string of the molecule is CCNC1COCC1C(=O)Nc1ccc(OCC)cc1C. The van der Waals surface area contributed by atoms with Crippen LogP contribution in [0.25, 0.3) is 0 Å². The average Bonchev–Trinajstić information content (AvgIpc) is 2.91. The van der Waals surface area contributed by atoms with Gasteiger partial charge in [0.1, 0.15) is 5.75 Å². The maximum absolute atomic E-state index is 12.4. The monoisotopic (exact) mass is 292 g/mol. The molecular weight excluding hydrogens is 268 g/mol. The van der Waals surface area contributed by atoms with Gasteiger partial charge in [0, 0.05) is 11.7 Å². The Labute approximate surface area is 126 Å². The van der Waals surface area contributed by atoms with E-state index in [0.717, 1.165) is 23.5 Å². The number of hydrogen-bond acceptors (Lipinski definition) is 4. The third-order valence-corrected chi connectivity index (χ3v) is 3.65. The summed E-state index contributed by atoms with van der Waals surface area (Å²) in [4.78, 5) is 12.4. The molecule has 0 radical (unpaired) electrons. The number of benzene rings is 1. The molecule has 1 heterocycles. The van der Waals surface area contributed by atoms with Crippen LogP contribution in [0.4, 0.5) is 5.69 Å². The van der Waals surface area contributed by atoms with Crippen molar-refractivity contribution in [2.75, 3.05) is 31.7 Å². The van der Waals surface area contributed by atoms with Gasteiger partial charge in [-0.3, -0.25) is 4.79 Å². The second kappa shape index (κ2) is 7.43. The Morgan fingerprint density at radius 1 is 1.38 bits per heavy atom. The lowest BCUT2D eigenvalue weighted by atomic mass is 10.0. The maximum Gasteiger partial charge on any atom is 0.231 e. The van der Waals surface area contributed by atoms with Crippen molar-refractivity contribution in [2.24, 2.45) is 5.92 Å². The van der Waals surface area contributed by atoms with Crippen molar-refractivity contribution in [3.8, 4) is 5.75 Å². The standard InChI is InChI=1S/C16H24N2O3/c1-4-17-15-10-20-9-13(15)16(19)18-14-7-6-12(21-5-2)8-11(14)3/h6-8,13,15,17H,4-5,9-10H2,1-3H3,(H,18,19). The minimum absolute atomic E-state index is 0.00529. The van der Waals surface area contributed by atoms with Gasteiger partial charge < -0.3 is 20.1 Å². The predicted octanol–water partition coefficient (Wildman–Crippen LogP) is 1.96. The van der Waals surface area contributed by atoms with Crippen LogP contribution in [0.5, 0.6) is 5.75 Å². The van der Waals surface area contributed by atoms with Crippen molar-refractivity contribution in [1.82, 2.24) is 5.32 Å². The Hall–Kier alpha value is -1.59. The molecule has 5 heteroatoms. The van der Waals surface area contributed by atoms with Gasteiger partial charge in [0.15, 0.2) is 0 Å². The molecule has 1 amide bonds. The van der Waals surface area contributed by atoms with Crippen LogP contribution >= 0.6 is 0 Å². The van der Waals surface area contributed by atoms with Crippen LogP contribution in [0.15, 0.2) is 18.2 Å². The Bertz CT molecular complexity index is 490. The molecule has 0 saturated carbocycles. The second-order valence-corrected chi connectivity index (χ2v) is 5.21. The first-order chi connectivity index (χ1) is 10.2. The number of anilines is 1. The number of nitrogens with one attached hydrogen (secondary N) is 2. The van der Waals surface area contributed by atoms with E-state index in [9.17, 15) is 4.79 Å². The van der Waals surface area contributed by atoms with Crippen LogP contribution in [0, 0.1) is 12.8 Å². The van der Waals surface area contributed by atoms with Crippen LogP contribution < -0.4 is 15.4 Å². The summed E-state index contributed by atoms with van der Waals surface area (Å²) in [6.45, 7) is 8.48. The molecule has 1 saturated heterocycles. The largest absolute Gasteiger partial charge is 0.494 e. The average molecular weight is 292 g/mol. The lowest BCUT2D eigenvalue weighted by molar-refractivity contribution is -0.120. The molecule has 116 valence electrons. The van der Waals surface area contributed by atoms with Gasteiger partial charge >= 0.3 is 0 Å². The van der Waals surface area contributed by atoms with Crippen molar-refractivity contribution >= 4 is 11.6 Å². The molecule has 21 heavy (non-hydrogen) atoms. The second-order valence-electron chi connectivity index (χ2n) is 5.21. The van der Waals surface area contributed by atoms with Crippen molar-refractivity contribution in [1.29, 1.82) is 0 Å². The number of likely N-dealkylation sites (N-methyl/N-ethyl adjacent to an activating group) is 1. The molecule has 2 atom stereocenters. The van der Waals surface area contributed by atoms with Gasteiger partial charge in [-0.2, -0.15) is 0 Å². The summed E-state index contributed by atoms with van der Waals surface area (Å²) in [7, 11) is 0. The number of carbonyl (C=O) groups is 1. The maximum atomic E-state index is 12.4. The zero-order chi connectivity index (χ0) is 15.2. The molecule has 1 fully saturated rings. The van der Waals surface area contributed by atoms with Crippen LogP contribution in [0.2, 0.25) is 0 Å². The number of hydrogen-bond donors (Lipinski definition) is 2. The van der Waals surface area contributed by atoms with Crippen molar-refractivity contribution in [3.63, 3.8) is 0 Å². The van der Waals surface area contributed by atoms with E-state index < -0.39 is 0 Å². The van der Waals surface area contributed by atoms with E-state index in [1.54, 1.807) is 0 Å². The summed E-state index contributed by atoms with van der Waals surface area (Å²) in [6.07, 6.45) is 0. The van der Waals surface area contributed by atoms with Gasteiger partial charge in [0.05, 0.1) is 25.7 Å². The normalized spacial score (nSPS) is 21.3. The first-order valence-corrected chi connectivity index (χ1v) is 7.51. The van der Waals surface area contributed by atoms with Gasteiger partial charge in [-0.05, 0) is 44.2 Å². The van der Waals surface area contributed by atoms with E-state index in [1.807, 2.05) is 39.0 Å². The van der Waals surface area contributed by atoms with E-state index in [0.29, 0.717) is 19.8 Å². The van der Waals surface area contributed by atoms with Crippen LogP contribution in [-0.4, -0.2) is 38.3 Å². The predicted molar refractivity (Wildman–Crippen MR) is 82.8 cm³/mol. The van der Waals surface area contributed by atoms with Crippen LogP contribution in [-0.2, 0) is 9.53 Å². The molecule has 1 aromatic carbocycles. The summed E-state index contributed by atoms with van der Waals surface area (Å²) in [5.41, 5.74) is 1.82. The van der Waals surface area contributed by atoms with Gasteiger partial charge in [0.2, 0.25) is 5.91 Å².